The van der Waals surface area contributed by atoms with Gasteiger partial charge < -0.3 is 4.74 Å². The lowest BCUT2D eigenvalue weighted by molar-refractivity contribution is 0.259. The number of aromatic nitrogens is 2. The molecule has 0 atom stereocenters. The standard InChI is InChI=1S/C13H22N2O/c1-9(2)6-12-14-11(5)7-13(15-12)16-8-10(3)4/h7,9-10H,6,8H2,1-5H3. The molecule has 0 aliphatic carbocycles. The van der Waals surface area contributed by atoms with Gasteiger partial charge in [0.05, 0.1) is 6.61 Å². The first kappa shape index (κ1) is 12.9. The summed E-state index contributed by atoms with van der Waals surface area (Å²) in [6.45, 7) is 11.3. The summed E-state index contributed by atoms with van der Waals surface area (Å²) in [5.41, 5.74) is 0.976. The van der Waals surface area contributed by atoms with Gasteiger partial charge in [-0.25, -0.2) is 4.98 Å². The minimum Gasteiger partial charge on any atom is -0.477 e. The van der Waals surface area contributed by atoms with Crippen molar-refractivity contribution in [3.05, 3.63) is 17.6 Å². The van der Waals surface area contributed by atoms with Gasteiger partial charge in [0, 0.05) is 18.2 Å². The predicted molar refractivity (Wildman–Crippen MR) is 65.6 cm³/mol. The summed E-state index contributed by atoms with van der Waals surface area (Å²) in [6.07, 6.45) is 0.902. The van der Waals surface area contributed by atoms with E-state index in [9.17, 15) is 0 Å². The molecule has 0 spiro atoms. The molecule has 0 saturated carbocycles. The molecule has 0 fully saturated rings. The molecule has 0 aromatic carbocycles. The second-order valence-electron chi connectivity index (χ2n) is 5.07. The van der Waals surface area contributed by atoms with Crippen LogP contribution in [0.4, 0.5) is 0 Å². The van der Waals surface area contributed by atoms with Crippen molar-refractivity contribution in [2.75, 3.05) is 6.61 Å². The molecule has 0 aliphatic heterocycles. The van der Waals surface area contributed by atoms with Crippen LogP contribution in [0.3, 0.4) is 0 Å². The number of hydrogen-bond acceptors (Lipinski definition) is 3. The molecule has 0 bridgehead atoms. The molecule has 90 valence electrons. The second kappa shape index (κ2) is 5.83. The molecule has 0 unspecified atom stereocenters. The van der Waals surface area contributed by atoms with Gasteiger partial charge in [-0.05, 0) is 18.8 Å². The van der Waals surface area contributed by atoms with Gasteiger partial charge in [-0.3, -0.25) is 0 Å². The Morgan fingerprint density at radius 1 is 1.12 bits per heavy atom. The molecule has 1 rings (SSSR count). The van der Waals surface area contributed by atoms with Crippen molar-refractivity contribution in [1.29, 1.82) is 0 Å². The van der Waals surface area contributed by atoms with E-state index < -0.39 is 0 Å². The van der Waals surface area contributed by atoms with Crippen LogP contribution in [-0.4, -0.2) is 16.6 Å². The highest BCUT2D eigenvalue weighted by Gasteiger charge is 2.06. The fourth-order valence-electron chi connectivity index (χ4n) is 1.38. The third-order valence-electron chi connectivity index (χ3n) is 2.03. The molecule has 0 amide bonds. The average molecular weight is 222 g/mol. The van der Waals surface area contributed by atoms with Gasteiger partial charge in [-0.2, -0.15) is 4.98 Å². The van der Waals surface area contributed by atoms with Crippen LogP contribution in [0, 0.1) is 18.8 Å². The van der Waals surface area contributed by atoms with Crippen LogP contribution in [0.15, 0.2) is 6.07 Å². The van der Waals surface area contributed by atoms with Crippen LogP contribution >= 0.6 is 0 Å². The number of aryl methyl sites for hydroxylation is 1. The summed E-state index contributed by atoms with van der Waals surface area (Å²) in [5, 5.41) is 0. The first-order chi connectivity index (χ1) is 7.47. The highest BCUT2D eigenvalue weighted by molar-refractivity contribution is 5.15. The lowest BCUT2D eigenvalue weighted by atomic mass is 10.1. The summed E-state index contributed by atoms with van der Waals surface area (Å²) >= 11 is 0. The van der Waals surface area contributed by atoms with E-state index in [1.54, 1.807) is 0 Å². The van der Waals surface area contributed by atoms with Crippen molar-refractivity contribution in [2.45, 2.75) is 41.0 Å². The average Bonchev–Trinajstić information content (AvgIpc) is 2.12. The Morgan fingerprint density at radius 2 is 1.81 bits per heavy atom. The summed E-state index contributed by atoms with van der Waals surface area (Å²) in [4.78, 5) is 8.82. The molecule has 1 aromatic rings. The van der Waals surface area contributed by atoms with Crippen molar-refractivity contribution in [1.82, 2.24) is 9.97 Å². The minimum atomic E-state index is 0.517. The molecule has 3 nitrogen and oxygen atoms in total. The second-order valence-corrected chi connectivity index (χ2v) is 5.07. The first-order valence-electron chi connectivity index (χ1n) is 5.94. The summed E-state index contributed by atoms with van der Waals surface area (Å²) in [7, 11) is 0. The quantitative estimate of drug-likeness (QED) is 0.768. The van der Waals surface area contributed by atoms with Crippen LogP contribution in [0.2, 0.25) is 0 Å². The topological polar surface area (TPSA) is 35.0 Å². The van der Waals surface area contributed by atoms with Gasteiger partial charge in [0.25, 0.3) is 0 Å². The Hall–Kier alpha value is -1.12. The molecule has 0 aliphatic rings. The zero-order valence-corrected chi connectivity index (χ0v) is 10.9. The van der Waals surface area contributed by atoms with Crippen molar-refractivity contribution in [2.24, 2.45) is 11.8 Å². The van der Waals surface area contributed by atoms with E-state index in [4.69, 9.17) is 4.74 Å². The molecule has 0 saturated heterocycles. The zero-order valence-electron chi connectivity index (χ0n) is 10.9. The Bertz CT molecular complexity index is 335. The van der Waals surface area contributed by atoms with Gasteiger partial charge in [0.2, 0.25) is 5.88 Å². The molecule has 1 aromatic heterocycles. The highest BCUT2D eigenvalue weighted by Crippen LogP contribution is 2.12. The highest BCUT2D eigenvalue weighted by atomic mass is 16.5. The zero-order chi connectivity index (χ0) is 12.1. The van der Waals surface area contributed by atoms with Gasteiger partial charge >= 0.3 is 0 Å². The lowest BCUT2D eigenvalue weighted by Crippen LogP contribution is -2.09. The maximum atomic E-state index is 5.62. The lowest BCUT2D eigenvalue weighted by Gasteiger charge is -2.10. The smallest absolute Gasteiger partial charge is 0.216 e. The number of nitrogens with zero attached hydrogens (tertiary/aromatic N) is 2. The Morgan fingerprint density at radius 3 is 2.38 bits per heavy atom. The van der Waals surface area contributed by atoms with Gasteiger partial charge in [-0.15, -0.1) is 0 Å². The maximum Gasteiger partial charge on any atom is 0.216 e. The van der Waals surface area contributed by atoms with E-state index in [2.05, 4.69) is 37.7 Å². The van der Waals surface area contributed by atoms with Crippen LogP contribution in [-0.2, 0) is 6.42 Å². The van der Waals surface area contributed by atoms with Gasteiger partial charge in [0.15, 0.2) is 0 Å². The fraction of sp³-hybridized carbons (Fsp3) is 0.692. The molecule has 0 radical (unpaired) electrons. The van der Waals surface area contributed by atoms with Crippen molar-refractivity contribution >= 4 is 0 Å². The predicted octanol–water partition coefficient (Wildman–Crippen LogP) is 3.02. The minimum absolute atomic E-state index is 0.517. The third kappa shape index (κ3) is 4.60. The van der Waals surface area contributed by atoms with Crippen LogP contribution < -0.4 is 4.74 Å². The normalized spacial score (nSPS) is 11.2. The monoisotopic (exact) mass is 222 g/mol. The maximum absolute atomic E-state index is 5.62. The Balaban J connectivity index is 2.73. The molecular weight excluding hydrogens is 200 g/mol. The first-order valence-corrected chi connectivity index (χ1v) is 5.94. The van der Waals surface area contributed by atoms with Gasteiger partial charge in [-0.1, -0.05) is 27.7 Å². The van der Waals surface area contributed by atoms with E-state index in [0.717, 1.165) is 17.9 Å². The largest absolute Gasteiger partial charge is 0.477 e. The molecule has 16 heavy (non-hydrogen) atoms. The van der Waals surface area contributed by atoms with E-state index in [0.29, 0.717) is 24.3 Å². The van der Waals surface area contributed by atoms with Crippen molar-refractivity contribution in [3.8, 4) is 5.88 Å². The Kier molecular flexibility index (Phi) is 4.71. The number of rotatable bonds is 5. The molecule has 0 N–H and O–H groups in total. The summed E-state index contributed by atoms with van der Waals surface area (Å²) < 4.78 is 5.62. The Labute approximate surface area is 98.3 Å². The number of hydrogen-bond donors (Lipinski definition) is 0. The van der Waals surface area contributed by atoms with Crippen molar-refractivity contribution < 1.29 is 4.74 Å². The molecule has 3 heteroatoms. The van der Waals surface area contributed by atoms with E-state index in [1.807, 2.05) is 13.0 Å². The van der Waals surface area contributed by atoms with Crippen LogP contribution in [0.5, 0.6) is 5.88 Å². The van der Waals surface area contributed by atoms with Crippen LogP contribution in [0.1, 0.15) is 39.2 Å². The number of ether oxygens (including phenoxy) is 1. The van der Waals surface area contributed by atoms with E-state index >= 15 is 0 Å². The van der Waals surface area contributed by atoms with Crippen LogP contribution in [0.25, 0.3) is 0 Å². The third-order valence-corrected chi connectivity index (χ3v) is 2.03. The molecule has 1 heterocycles. The summed E-state index contributed by atoms with van der Waals surface area (Å²) in [6, 6.07) is 1.90. The van der Waals surface area contributed by atoms with Crippen molar-refractivity contribution in [3.63, 3.8) is 0 Å². The van der Waals surface area contributed by atoms with Gasteiger partial charge in [0.1, 0.15) is 5.82 Å². The van der Waals surface area contributed by atoms with E-state index in [-0.39, 0.29) is 0 Å². The fourth-order valence-corrected chi connectivity index (χ4v) is 1.38. The molecular formula is C13H22N2O. The van der Waals surface area contributed by atoms with E-state index in [1.165, 1.54) is 0 Å². The summed E-state index contributed by atoms with van der Waals surface area (Å²) in [5.74, 6) is 2.68. The SMILES string of the molecule is Cc1cc(OCC(C)C)nc(CC(C)C)n1.